The molecule has 0 aliphatic carbocycles. The first-order chi connectivity index (χ1) is 13.6. The number of nitrogens with zero attached hydrogens (tertiary/aromatic N) is 2. The Labute approximate surface area is 164 Å². The smallest absolute Gasteiger partial charge is 0.243 e. The van der Waals surface area contributed by atoms with Crippen LogP contribution in [0.1, 0.15) is 18.5 Å². The fraction of sp³-hybridized carbons (Fsp3) is 0.238. The number of fused-ring (bicyclic) bond motifs is 1. The Hall–Kier alpha value is -2.77. The fourth-order valence-electron chi connectivity index (χ4n) is 3.55. The van der Waals surface area contributed by atoms with Gasteiger partial charge in [0.1, 0.15) is 6.04 Å². The average molecular weight is 395 g/mol. The largest absolute Gasteiger partial charge is 0.349 e. The normalized spacial score (nSPS) is 17.6. The molecule has 0 spiro atoms. The highest BCUT2D eigenvalue weighted by Gasteiger charge is 2.39. The number of carbonyl (C=O) groups excluding carboxylic acids is 1. The van der Waals surface area contributed by atoms with Crippen molar-refractivity contribution in [3.05, 3.63) is 72.6 Å². The molecule has 1 atom stereocenters. The molecule has 1 amide bonds. The van der Waals surface area contributed by atoms with Crippen molar-refractivity contribution in [3.8, 4) is 0 Å². The Balaban J connectivity index is 1.54. The zero-order valence-electron chi connectivity index (χ0n) is 15.3. The van der Waals surface area contributed by atoms with Crippen LogP contribution in [0.15, 0.2) is 71.8 Å². The Morgan fingerprint density at radius 1 is 1.07 bits per heavy atom. The minimum absolute atomic E-state index is 0.218. The molecule has 1 N–H and O–H groups in total. The van der Waals surface area contributed by atoms with Crippen molar-refractivity contribution in [3.63, 3.8) is 0 Å². The van der Waals surface area contributed by atoms with Crippen molar-refractivity contribution in [1.82, 2.24) is 14.6 Å². The van der Waals surface area contributed by atoms with E-state index in [2.05, 4.69) is 10.3 Å². The highest BCUT2D eigenvalue weighted by Crippen LogP contribution is 2.28. The SMILES string of the molecule is O=C(NCc1ccccn1)[C@H]1CCCN1S(=O)(=O)c1ccc2ccccc2c1. The van der Waals surface area contributed by atoms with Crippen LogP contribution < -0.4 is 5.32 Å². The van der Waals surface area contributed by atoms with Gasteiger partial charge < -0.3 is 5.32 Å². The lowest BCUT2D eigenvalue weighted by molar-refractivity contribution is -0.124. The van der Waals surface area contributed by atoms with E-state index in [9.17, 15) is 13.2 Å². The van der Waals surface area contributed by atoms with E-state index in [0.717, 1.165) is 16.5 Å². The molecule has 1 fully saturated rings. The van der Waals surface area contributed by atoms with Gasteiger partial charge in [-0.3, -0.25) is 9.78 Å². The Kier molecular flexibility index (Phi) is 5.11. The van der Waals surface area contributed by atoms with E-state index in [1.165, 1.54) is 4.31 Å². The fourth-order valence-corrected chi connectivity index (χ4v) is 5.24. The summed E-state index contributed by atoms with van der Waals surface area (Å²) in [6.07, 6.45) is 2.84. The first-order valence-electron chi connectivity index (χ1n) is 9.24. The number of pyridine rings is 1. The van der Waals surface area contributed by atoms with Gasteiger partial charge in [-0.05, 0) is 47.9 Å². The molecule has 144 valence electrons. The lowest BCUT2D eigenvalue weighted by Gasteiger charge is -2.23. The van der Waals surface area contributed by atoms with Gasteiger partial charge in [0.25, 0.3) is 0 Å². The van der Waals surface area contributed by atoms with Gasteiger partial charge in [-0.15, -0.1) is 0 Å². The molecular weight excluding hydrogens is 374 g/mol. The molecular formula is C21H21N3O3S. The summed E-state index contributed by atoms with van der Waals surface area (Å²) in [5, 5.41) is 4.66. The molecule has 6 nitrogen and oxygen atoms in total. The molecule has 7 heteroatoms. The first-order valence-corrected chi connectivity index (χ1v) is 10.7. The summed E-state index contributed by atoms with van der Waals surface area (Å²) >= 11 is 0. The topological polar surface area (TPSA) is 79.4 Å². The number of carbonyl (C=O) groups is 1. The van der Waals surface area contributed by atoms with Gasteiger partial charge in [0.05, 0.1) is 17.1 Å². The van der Waals surface area contributed by atoms with Crippen LogP contribution in [0.5, 0.6) is 0 Å². The van der Waals surface area contributed by atoms with E-state index in [-0.39, 0.29) is 17.3 Å². The number of benzene rings is 2. The standard InChI is InChI=1S/C21H21N3O3S/c25-21(23-15-18-8-3-4-12-22-18)20-9-5-13-24(20)28(26,27)19-11-10-16-6-1-2-7-17(16)14-19/h1-4,6-8,10-12,14,20H,5,9,13,15H2,(H,23,25)/t20-/m1/s1. The monoisotopic (exact) mass is 395 g/mol. The molecule has 3 aromatic rings. The third kappa shape index (κ3) is 3.63. The molecule has 2 heterocycles. The minimum atomic E-state index is -3.75. The number of nitrogens with one attached hydrogen (secondary N) is 1. The quantitative estimate of drug-likeness (QED) is 0.720. The van der Waals surface area contributed by atoms with Crippen molar-refractivity contribution in [2.45, 2.75) is 30.3 Å². The van der Waals surface area contributed by atoms with Gasteiger partial charge in [0.15, 0.2) is 0 Å². The summed E-state index contributed by atoms with van der Waals surface area (Å²) < 4.78 is 27.7. The molecule has 1 aromatic heterocycles. The van der Waals surface area contributed by atoms with Crippen molar-refractivity contribution in [2.24, 2.45) is 0 Å². The van der Waals surface area contributed by atoms with Crippen LogP contribution in [0.2, 0.25) is 0 Å². The van der Waals surface area contributed by atoms with Crippen molar-refractivity contribution >= 4 is 26.7 Å². The third-order valence-electron chi connectivity index (χ3n) is 5.00. The molecule has 4 rings (SSSR count). The Morgan fingerprint density at radius 2 is 1.86 bits per heavy atom. The number of hydrogen-bond acceptors (Lipinski definition) is 4. The summed E-state index contributed by atoms with van der Waals surface area (Å²) in [5.41, 5.74) is 0.734. The second-order valence-electron chi connectivity index (χ2n) is 6.82. The van der Waals surface area contributed by atoms with E-state index in [4.69, 9.17) is 0 Å². The molecule has 0 saturated carbocycles. The summed E-state index contributed by atoms with van der Waals surface area (Å²) in [6, 6.07) is 17.5. The minimum Gasteiger partial charge on any atom is -0.349 e. The second kappa shape index (κ2) is 7.69. The zero-order chi connectivity index (χ0) is 19.6. The van der Waals surface area contributed by atoms with E-state index < -0.39 is 16.1 Å². The maximum absolute atomic E-state index is 13.2. The summed E-state index contributed by atoms with van der Waals surface area (Å²) in [7, 11) is -3.75. The van der Waals surface area contributed by atoms with Gasteiger partial charge in [0.2, 0.25) is 15.9 Å². The molecule has 0 unspecified atom stereocenters. The molecule has 28 heavy (non-hydrogen) atoms. The van der Waals surface area contributed by atoms with Crippen LogP contribution in [-0.4, -0.2) is 36.2 Å². The van der Waals surface area contributed by atoms with E-state index in [0.29, 0.717) is 19.4 Å². The van der Waals surface area contributed by atoms with Crippen LogP contribution in [-0.2, 0) is 21.4 Å². The number of rotatable bonds is 5. The van der Waals surface area contributed by atoms with Crippen molar-refractivity contribution < 1.29 is 13.2 Å². The highest BCUT2D eigenvalue weighted by molar-refractivity contribution is 7.89. The lowest BCUT2D eigenvalue weighted by atomic mass is 10.1. The molecule has 2 aromatic carbocycles. The molecule has 0 bridgehead atoms. The van der Waals surface area contributed by atoms with E-state index in [1.807, 2.05) is 36.4 Å². The van der Waals surface area contributed by atoms with E-state index >= 15 is 0 Å². The first kappa shape index (κ1) is 18.6. The molecule has 0 radical (unpaired) electrons. The van der Waals surface area contributed by atoms with Crippen LogP contribution >= 0.6 is 0 Å². The molecule has 1 aliphatic heterocycles. The number of aromatic nitrogens is 1. The number of hydrogen-bond donors (Lipinski definition) is 1. The van der Waals surface area contributed by atoms with E-state index in [1.54, 1.807) is 30.5 Å². The third-order valence-corrected chi connectivity index (χ3v) is 6.91. The predicted octanol–water partition coefficient (Wildman–Crippen LogP) is 2.70. The van der Waals surface area contributed by atoms with Gasteiger partial charge in [-0.1, -0.05) is 36.4 Å². The lowest BCUT2D eigenvalue weighted by Crippen LogP contribution is -2.45. The number of sulfonamides is 1. The highest BCUT2D eigenvalue weighted by atomic mass is 32.2. The predicted molar refractivity (Wildman–Crippen MR) is 107 cm³/mol. The maximum atomic E-state index is 13.2. The van der Waals surface area contributed by atoms with Crippen LogP contribution in [0.3, 0.4) is 0 Å². The Morgan fingerprint density at radius 3 is 2.64 bits per heavy atom. The molecule has 1 aliphatic rings. The van der Waals surface area contributed by atoms with Crippen LogP contribution in [0.4, 0.5) is 0 Å². The second-order valence-corrected chi connectivity index (χ2v) is 8.71. The van der Waals surface area contributed by atoms with Gasteiger partial charge >= 0.3 is 0 Å². The van der Waals surface area contributed by atoms with Crippen molar-refractivity contribution in [2.75, 3.05) is 6.54 Å². The zero-order valence-corrected chi connectivity index (χ0v) is 16.1. The van der Waals surface area contributed by atoms with Gasteiger partial charge in [-0.2, -0.15) is 4.31 Å². The van der Waals surface area contributed by atoms with Crippen LogP contribution in [0, 0.1) is 0 Å². The van der Waals surface area contributed by atoms with Crippen LogP contribution in [0.25, 0.3) is 10.8 Å². The summed E-state index contributed by atoms with van der Waals surface area (Å²) in [4.78, 5) is 17.1. The molecule has 1 saturated heterocycles. The Bertz CT molecular complexity index is 1100. The summed E-state index contributed by atoms with van der Waals surface area (Å²) in [6.45, 7) is 0.622. The maximum Gasteiger partial charge on any atom is 0.243 e. The van der Waals surface area contributed by atoms with Gasteiger partial charge in [-0.25, -0.2) is 8.42 Å². The van der Waals surface area contributed by atoms with Gasteiger partial charge in [0, 0.05) is 12.7 Å². The summed E-state index contributed by atoms with van der Waals surface area (Å²) in [5.74, 6) is -0.285. The average Bonchev–Trinajstić information content (AvgIpc) is 3.23. The van der Waals surface area contributed by atoms with Crippen molar-refractivity contribution in [1.29, 1.82) is 0 Å². The number of amides is 1.